The minimum Gasteiger partial charge on any atom is -0.326 e. The second-order valence-electron chi connectivity index (χ2n) is 3.89. The fraction of sp³-hybridized carbons (Fsp3) is 0.167. The third kappa shape index (κ3) is 3.84. The minimum absolute atomic E-state index is 0.317. The van der Waals surface area contributed by atoms with Crippen LogP contribution in [-0.4, -0.2) is 22.3 Å². The standard InChI is InChI=1S/C12H10F3N3O/c13-12(14,15)7-11(19)17-9-3-1-8(2-4-9)10-5-6-16-18-10/h1-6H,7H2,(H,16,18)(H,17,19). The van der Waals surface area contributed by atoms with E-state index in [0.717, 1.165) is 11.3 Å². The van der Waals surface area contributed by atoms with Crippen molar-refractivity contribution in [3.05, 3.63) is 36.5 Å². The van der Waals surface area contributed by atoms with E-state index in [1.54, 1.807) is 24.4 Å². The molecule has 0 saturated heterocycles. The van der Waals surface area contributed by atoms with Crippen molar-refractivity contribution in [2.24, 2.45) is 0 Å². The van der Waals surface area contributed by atoms with Gasteiger partial charge in [-0.25, -0.2) is 0 Å². The molecular weight excluding hydrogens is 259 g/mol. The molecule has 19 heavy (non-hydrogen) atoms. The quantitative estimate of drug-likeness (QED) is 0.900. The fourth-order valence-electron chi connectivity index (χ4n) is 1.54. The zero-order valence-corrected chi connectivity index (χ0v) is 9.66. The number of hydrogen-bond donors (Lipinski definition) is 2. The summed E-state index contributed by atoms with van der Waals surface area (Å²) in [7, 11) is 0. The van der Waals surface area contributed by atoms with Gasteiger partial charge in [-0.15, -0.1) is 0 Å². The number of nitrogens with zero attached hydrogens (tertiary/aromatic N) is 1. The highest BCUT2D eigenvalue weighted by Crippen LogP contribution is 2.22. The van der Waals surface area contributed by atoms with Crippen LogP contribution in [0.25, 0.3) is 11.3 Å². The summed E-state index contributed by atoms with van der Waals surface area (Å²) in [5.74, 6) is -1.08. The maximum atomic E-state index is 12.0. The fourth-order valence-corrected chi connectivity index (χ4v) is 1.54. The van der Waals surface area contributed by atoms with Crippen molar-refractivity contribution >= 4 is 11.6 Å². The molecule has 1 aromatic carbocycles. The molecule has 0 radical (unpaired) electrons. The lowest BCUT2D eigenvalue weighted by Crippen LogP contribution is -2.21. The van der Waals surface area contributed by atoms with E-state index in [2.05, 4.69) is 15.5 Å². The van der Waals surface area contributed by atoms with E-state index in [1.165, 1.54) is 12.1 Å². The molecule has 1 heterocycles. The number of halogens is 3. The van der Waals surface area contributed by atoms with Gasteiger partial charge in [0.2, 0.25) is 5.91 Å². The van der Waals surface area contributed by atoms with Gasteiger partial charge in [-0.1, -0.05) is 12.1 Å². The number of carbonyl (C=O) groups excluding carboxylic acids is 1. The SMILES string of the molecule is O=C(CC(F)(F)F)Nc1ccc(-c2ccn[nH]2)cc1. The third-order valence-corrected chi connectivity index (χ3v) is 2.34. The maximum absolute atomic E-state index is 12.0. The van der Waals surface area contributed by atoms with E-state index >= 15 is 0 Å². The molecule has 0 aliphatic rings. The number of aromatic amines is 1. The number of amides is 1. The van der Waals surface area contributed by atoms with Gasteiger partial charge in [-0.3, -0.25) is 9.89 Å². The van der Waals surface area contributed by atoms with Gasteiger partial charge in [0.05, 0.1) is 5.69 Å². The Morgan fingerprint density at radius 3 is 2.42 bits per heavy atom. The van der Waals surface area contributed by atoms with Crippen LogP contribution in [0.3, 0.4) is 0 Å². The van der Waals surface area contributed by atoms with E-state index in [9.17, 15) is 18.0 Å². The molecule has 0 unspecified atom stereocenters. The Morgan fingerprint density at radius 1 is 1.21 bits per heavy atom. The first kappa shape index (κ1) is 13.1. The first-order valence-corrected chi connectivity index (χ1v) is 5.40. The normalized spacial score (nSPS) is 11.3. The number of benzene rings is 1. The highest BCUT2D eigenvalue weighted by molar-refractivity contribution is 5.91. The number of alkyl halides is 3. The second kappa shape index (κ2) is 5.13. The zero-order chi connectivity index (χ0) is 13.9. The summed E-state index contributed by atoms with van der Waals surface area (Å²) in [6.07, 6.45) is -4.40. The molecule has 1 amide bonds. The van der Waals surface area contributed by atoms with E-state index in [4.69, 9.17) is 0 Å². The highest BCUT2D eigenvalue weighted by Gasteiger charge is 2.31. The van der Waals surface area contributed by atoms with E-state index < -0.39 is 18.5 Å². The molecule has 0 bridgehead atoms. The van der Waals surface area contributed by atoms with E-state index in [-0.39, 0.29) is 0 Å². The van der Waals surface area contributed by atoms with Gasteiger partial charge in [0, 0.05) is 11.9 Å². The molecule has 0 fully saturated rings. The number of nitrogens with one attached hydrogen (secondary N) is 2. The van der Waals surface area contributed by atoms with Gasteiger partial charge in [-0.2, -0.15) is 18.3 Å². The van der Waals surface area contributed by atoms with Gasteiger partial charge in [0.25, 0.3) is 0 Å². The van der Waals surface area contributed by atoms with Crippen molar-refractivity contribution in [3.8, 4) is 11.3 Å². The molecule has 100 valence electrons. The molecule has 0 aliphatic heterocycles. The van der Waals surface area contributed by atoms with Crippen LogP contribution >= 0.6 is 0 Å². The molecule has 2 N–H and O–H groups in total. The van der Waals surface area contributed by atoms with Crippen LogP contribution in [-0.2, 0) is 4.79 Å². The van der Waals surface area contributed by atoms with E-state index in [0.29, 0.717) is 5.69 Å². The summed E-state index contributed by atoms with van der Waals surface area (Å²) in [6.45, 7) is 0. The average Bonchev–Trinajstić information content (AvgIpc) is 2.80. The summed E-state index contributed by atoms with van der Waals surface area (Å²) < 4.78 is 36.0. The number of carbonyl (C=O) groups is 1. The molecule has 7 heteroatoms. The summed E-state index contributed by atoms with van der Waals surface area (Å²) in [6, 6.07) is 8.18. The van der Waals surface area contributed by atoms with Crippen LogP contribution in [0.2, 0.25) is 0 Å². The zero-order valence-electron chi connectivity index (χ0n) is 9.66. The van der Waals surface area contributed by atoms with Gasteiger partial charge >= 0.3 is 6.18 Å². The Morgan fingerprint density at radius 2 is 1.89 bits per heavy atom. The third-order valence-electron chi connectivity index (χ3n) is 2.34. The molecule has 0 saturated carbocycles. The number of hydrogen-bond acceptors (Lipinski definition) is 2. The molecular formula is C12H10F3N3O. The number of rotatable bonds is 3. The Kier molecular flexibility index (Phi) is 3.55. The lowest BCUT2D eigenvalue weighted by molar-refractivity contribution is -0.150. The van der Waals surface area contributed by atoms with Gasteiger partial charge in [-0.05, 0) is 23.8 Å². The van der Waals surface area contributed by atoms with Crippen LogP contribution < -0.4 is 5.32 Å². The largest absolute Gasteiger partial charge is 0.397 e. The summed E-state index contributed by atoms with van der Waals surface area (Å²) in [5.41, 5.74) is 1.93. The van der Waals surface area contributed by atoms with Crippen LogP contribution in [0.15, 0.2) is 36.5 Å². The van der Waals surface area contributed by atoms with Crippen molar-refractivity contribution in [2.75, 3.05) is 5.32 Å². The average molecular weight is 269 g/mol. The molecule has 0 spiro atoms. The van der Waals surface area contributed by atoms with Crippen molar-refractivity contribution < 1.29 is 18.0 Å². The summed E-state index contributed by atoms with van der Waals surface area (Å²) in [4.78, 5) is 11.1. The van der Waals surface area contributed by atoms with Gasteiger partial charge in [0.1, 0.15) is 6.42 Å². The predicted molar refractivity (Wildman–Crippen MR) is 63.3 cm³/mol. The lowest BCUT2D eigenvalue weighted by atomic mass is 10.1. The maximum Gasteiger partial charge on any atom is 0.397 e. The molecule has 2 aromatic rings. The van der Waals surface area contributed by atoms with Crippen molar-refractivity contribution in [1.82, 2.24) is 10.2 Å². The smallest absolute Gasteiger partial charge is 0.326 e. The van der Waals surface area contributed by atoms with Gasteiger partial charge in [0.15, 0.2) is 0 Å². The molecule has 2 rings (SSSR count). The van der Waals surface area contributed by atoms with Crippen LogP contribution in [0.1, 0.15) is 6.42 Å². The highest BCUT2D eigenvalue weighted by atomic mass is 19.4. The summed E-state index contributed by atoms with van der Waals surface area (Å²) >= 11 is 0. The Labute approximate surface area is 106 Å². The first-order valence-electron chi connectivity index (χ1n) is 5.40. The topological polar surface area (TPSA) is 57.8 Å². The van der Waals surface area contributed by atoms with Crippen LogP contribution in [0.4, 0.5) is 18.9 Å². The Bertz CT molecular complexity index is 547. The number of anilines is 1. The van der Waals surface area contributed by atoms with Crippen molar-refractivity contribution in [3.63, 3.8) is 0 Å². The second-order valence-corrected chi connectivity index (χ2v) is 3.89. The van der Waals surface area contributed by atoms with Crippen LogP contribution in [0.5, 0.6) is 0 Å². The van der Waals surface area contributed by atoms with Crippen LogP contribution in [0, 0.1) is 0 Å². The van der Waals surface area contributed by atoms with Crippen molar-refractivity contribution in [1.29, 1.82) is 0 Å². The van der Waals surface area contributed by atoms with Gasteiger partial charge < -0.3 is 5.32 Å². The van der Waals surface area contributed by atoms with Crippen molar-refractivity contribution in [2.45, 2.75) is 12.6 Å². The van der Waals surface area contributed by atoms with E-state index in [1.807, 2.05) is 0 Å². The molecule has 1 aromatic heterocycles. The minimum atomic E-state index is -4.50. The lowest BCUT2D eigenvalue weighted by Gasteiger charge is -2.08. The molecule has 4 nitrogen and oxygen atoms in total. The number of aromatic nitrogens is 2. The first-order chi connectivity index (χ1) is 8.94. The molecule has 0 aliphatic carbocycles. The summed E-state index contributed by atoms with van der Waals surface area (Å²) in [5, 5.41) is 8.73. The predicted octanol–water partition coefficient (Wildman–Crippen LogP) is 2.97. The molecule has 0 atom stereocenters. The number of H-pyrrole nitrogens is 1. The Hall–Kier alpha value is -2.31. The monoisotopic (exact) mass is 269 g/mol. The Balaban J connectivity index is 2.01.